The van der Waals surface area contributed by atoms with Gasteiger partial charge >= 0.3 is 7.12 Å². The minimum absolute atomic E-state index is 0.452. The second-order valence-electron chi connectivity index (χ2n) is 10.5. The van der Waals surface area contributed by atoms with Gasteiger partial charge in [-0.05, 0) is 85.7 Å². The Hall–Kier alpha value is -5.16. The van der Waals surface area contributed by atoms with Crippen LogP contribution in [0.2, 0.25) is 0 Å². The van der Waals surface area contributed by atoms with Crippen LogP contribution in [0.4, 0.5) is 17.1 Å². The topological polar surface area (TPSA) is 43.7 Å². The molecule has 2 N–H and O–H groups in total. The van der Waals surface area contributed by atoms with E-state index in [0.717, 1.165) is 28.2 Å². The first-order valence-corrected chi connectivity index (χ1v) is 14.1. The van der Waals surface area contributed by atoms with Crippen molar-refractivity contribution in [1.29, 1.82) is 0 Å². The molecule has 0 aliphatic heterocycles. The van der Waals surface area contributed by atoms with Crippen LogP contribution in [0, 0.1) is 0 Å². The Kier molecular flexibility index (Phi) is 6.77. The van der Waals surface area contributed by atoms with Crippen molar-refractivity contribution < 1.29 is 10.0 Å². The fourth-order valence-electron chi connectivity index (χ4n) is 5.82. The van der Waals surface area contributed by atoms with Crippen LogP contribution < -0.4 is 10.4 Å². The summed E-state index contributed by atoms with van der Waals surface area (Å²) in [6.45, 7) is 0. The van der Waals surface area contributed by atoms with Crippen molar-refractivity contribution in [3.8, 4) is 22.3 Å². The van der Waals surface area contributed by atoms with Crippen LogP contribution in [-0.2, 0) is 0 Å². The highest BCUT2D eigenvalue weighted by molar-refractivity contribution is 6.58. The molecule has 42 heavy (non-hydrogen) atoms. The lowest BCUT2D eigenvalue weighted by Crippen LogP contribution is -2.29. The molecule has 0 aromatic heterocycles. The number of benzene rings is 7. The summed E-state index contributed by atoms with van der Waals surface area (Å²) in [4.78, 5) is 2.22. The summed E-state index contributed by atoms with van der Waals surface area (Å²) in [5, 5.41) is 24.3. The molecule has 7 aromatic rings. The van der Waals surface area contributed by atoms with Gasteiger partial charge in [0.1, 0.15) is 0 Å². The van der Waals surface area contributed by atoms with Gasteiger partial charge in [-0.25, -0.2) is 0 Å². The average Bonchev–Trinajstić information content (AvgIpc) is 3.05. The lowest BCUT2D eigenvalue weighted by Gasteiger charge is -2.27. The zero-order valence-electron chi connectivity index (χ0n) is 22.9. The maximum Gasteiger partial charge on any atom is 0.488 e. The Bertz CT molecular complexity index is 1900. The molecule has 3 nitrogen and oxygen atoms in total. The van der Waals surface area contributed by atoms with Crippen molar-refractivity contribution in [2.45, 2.75) is 0 Å². The molecule has 7 rings (SSSR count). The highest BCUT2D eigenvalue weighted by Crippen LogP contribution is 2.39. The van der Waals surface area contributed by atoms with Gasteiger partial charge in [0.15, 0.2) is 0 Å². The number of hydrogen-bond acceptors (Lipinski definition) is 3. The number of hydrogen-bond donors (Lipinski definition) is 2. The van der Waals surface area contributed by atoms with Crippen LogP contribution in [0.5, 0.6) is 0 Å². The van der Waals surface area contributed by atoms with Gasteiger partial charge in [0.2, 0.25) is 0 Å². The number of fused-ring (bicyclic) bond motifs is 2. The monoisotopic (exact) mass is 541 g/mol. The minimum atomic E-state index is -1.52. The smallest absolute Gasteiger partial charge is 0.423 e. The van der Waals surface area contributed by atoms with Crippen molar-refractivity contribution in [2.24, 2.45) is 0 Å². The SMILES string of the molecule is OB(O)c1ccc(N(c2cccc(-c3cccc4ccccc34)c2)c2cccc(-c3cccc4ccccc34)c2)cc1. The molecule has 0 unspecified atom stereocenters. The third-order valence-electron chi connectivity index (χ3n) is 7.86. The maximum atomic E-state index is 9.73. The molecule has 0 spiro atoms. The summed E-state index contributed by atoms with van der Waals surface area (Å²) >= 11 is 0. The second-order valence-corrected chi connectivity index (χ2v) is 10.5. The third-order valence-corrected chi connectivity index (χ3v) is 7.86. The van der Waals surface area contributed by atoms with Crippen molar-refractivity contribution in [1.82, 2.24) is 0 Å². The van der Waals surface area contributed by atoms with Crippen molar-refractivity contribution in [3.63, 3.8) is 0 Å². The molecule has 0 bridgehead atoms. The quantitative estimate of drug-likeness (QED) is 0.208. The summed E-state index contributed by atoms with van der Waals surface area (Å²) in [5.41, 5.74) is 8.00. The average molecular weight is 541 g/mol. The zero-order chi connectivity index (χ0) is 28.5. The second kappa shape index (κ2) is 11.0. The molecule has 0 fully saturated rings. The normalized spacial score (nSPS) is 11.1. The highest BCUT2D eigenvalue weighted by atomic mass is 16.4. The zero-order valence-corrected chi connectivity index (χ0v) is 22.9. The molecule has 0 saturated heterocycles. The predicted molar refractivity (Wildman–Crippen MR) is 177 cm³/mol. The van der Waals surface area contributed by atoms with Crippen LogP contribution >= 0.6 is 0 Å². The van der Waals surface area contributed by atoms with E-state index in [9.17, 15) is 10.0 Å². The van der Waals surface area contributed by atoms with Crippen molar-refractivity contribution in [2.75, 3.05) is 4.90 Å². The van der Waals surface area contributed by atoms with Crippen LogP contribution in [0.15, 0.2) is 158 Å². The molecule has 200 valence electrons. The Labute approximate surface area is 245 Å². The predicted octanol–water partition coefficient (Wildman–Crippen LogP) is 8.48. The highest BCUT2D eigenvalue weighted by Gasteiger charge is 2.17. The molecular formula is C38H28BNO2. The van der Waals surface area contributed by atoms with E-state index >= 15 is 0 Å². The van der Waals surface area contributed by atoms with E-state index in [2.05, 4.69) is 138 Å². The molecule has 0 radical (unpaired) electrons. The number of nitrogens with zero attached hydrogens (tertiary/aromatic N) is 1. The molecular weight excluding hydrogens is 513 g/mol. The van der Waals surface area contributed by atoms with E-state index in [0.29, 0.717) is 5.46 Å². The fraction of sp³-hybridized carbons (Fsp3) is 0. The van der Waals surface area contributed by atoms with E-state index in [4.69, 9.17) is 0 Å². The van der Waals surface area contributed by atoms with Gasteiger partial charge in [0.25, 0.3) is 0 Å². The molecule has 4 heteroatoms. The first-order chi connectivity index (χ1) is 20.7. The van der Waals surface area contributed by atoms with Gasteiger partial charge in [-0.3, -0.25) is 0 Å². The van der Waals surface area contributed by atoms with Crippen LogP contribution in [-0.4, -0.2) is 17.2 Å². The van der Waals surface area contributed by atoms with Gasteiger partial charge in [0.05, 0.1) is 0 Å². The van der Waals surface area contributed by atoms with Gasteiger partial charge < -0.3 is 14.9 Å². The van der Waals surface area contributed by atoms with Crippen molar-refractivity contribution >= 4 is 51.2 Å². The van der Waals surface area contributed by atoms with E-state index in [1.165, 1.54) is 32.7 Å². The molecule has 0 aliphatic carbocycles. The Morgan fingerprint density at radius 2 is 0.857 bits per heavy atom. The number of rotatable bonds is 6. The van der Waals surface area contributed by atoms with Crippen molar-refractivity contribution in [3.05, 3.63) is 158 Å². The molecule has 0 heterocycles. The van der Waals surface area contributed by atoms with E-state index in [1.54, 1.807) is 12.1 Å². The first-order valence-electron chi connectivity index (χ1n) is 14.1. The fourth-order valence-corrected chi connectivity index (χ4v) is 5.82. The van der Waals surface area contributed by atoms with Crippen LogP contribution in [0.3, 0.4) is 0 Å². The van der Waals surface area contributed by atoms with Crippen LogP contribution in [0.1, 0.15) is 0 Å². The Balaban J connectivity index is 1.39. The minimum Gasteiger partial charge on any atom is -0.423 e. The summed E-state index contributed by atoms with van der Waals surface area (Å²) < 4.78 is 0. The standard InChI is InChI=1S/C38H28BNO2/c41-39(42)31-21-23-32(24-22-31)40(33-15-5-13-29(25-33)37-19-7-11-27-9-1-3-17-35(27)37)34-16-6-14-30(26-34)38-20-8-12-28-10-2-4-18-36(28)38/h1-26,41-42H. The molecule has 0 atom stereocenters. The summed E-state index contributed by atoms with van der Waals surface area (Å²) in [6.07, 6.45) is 0. The lowest BCUT2D eigenvalue weighted by atomic mass is 9.80. The van der Waals surface area contributed by atoms with E-state index < -0.39 is 7.12 Å². The van der Waals surface area contributed by atoms with Gasteiger partial charge in [0, 0.05) is 17.1 Å². The lowest BCUT2D eigenvalue weighted by molar-refractivity contribution is 0.426. The summed E-state index contributed by atoms with van der Waals surface area (Å²) in [5.74, 6) is 0. The Morgan fingerprint density at radius 3 is 1.36 bits per heavy atom. The van der Waals surface area contributed by atoms with E-state index in [-0.39, 0.29) is 0 Å². The van der Waals surface area contributed by atoms with Gasteiger partial charge in [-0.1, -0.05) is 121 Å². The Morgan fingerprint density at radius 1 is 0.405 bits per heavy atom. The number of anilines is 3. The summed E-state index contributed by atoms with van der Waals surface area (Å²) in [7, 11) is -1.52. The maximum absolute atomic E-state index is 9.73. The largest absolute Gasteiger partial charge is 0.488 e. The summed E-state index contributed by atoms with van der Waals surface area (Å²) in [6, 6.07) is 54.3. The third kappa shape index (κ3) is 4.84. The molecule has 0 saturated carbocycles. The van der Waals surface area contributed by atoms with Gasteiger partial charge in [-0.2, -0.15) is 0 Å². The first kappa shape index (κ1) is 25.8. The molecule has 0 amide bonds. The molecule has 7 aromatic carbocycles. The molecule has 0 aliphatic rings. The van der Waals surface area contributed by atoms with E-state index in [1.807, 2.05) is 12.1 Å². The van der Waals surface area contributed by atoms with Crippen LogP contribution in [0.25, 0.3) is 43.8 Å². The van der Waals surface area contributed by atoms with Gasteiger partial charge in [-0.15, -0.1) is 0 Å².